The molecule has 2 amide bonds. The molecule has 1 fully saturated rings. The van der Waals surface area contributed by atoms with E-state index in [4.69, 9.17) is 10.00 Å². The van der Waals surface area contributed by atoms with Crippen LogP contribution in [-0.4, -0.2) is 48.2 Å². The molecule has 0 radical (unpaired) electrons. The van der Waals surface area contributed by atoms with Gasteiger partial charge in [-0.1, -0.05) is 6.07 Å². The molecule has 0 aromatic heterocycles. The number of anilines is 1. The van der Waals surface area contributed by atoms with Crippen molar-refractivity contribution in [2.24, 2.45) is 0 Å². The van der Waals surface area contributed by atoms with Crippen LogP contribution in [0.15, 0.2) is 24.3 Å². The molecule has 1 aliphatic rings. The number of piperidine rings is 1. The highest BCUT2D eigenvalue weighted by Crippen LogP contribution is 2.13. The SMILES string of the molecule is CC(C)(C)OC(=O)NC1CCN(CC(=O)Nc2cccc(C#N)c2)CC1. The van der Waals surface area contributed by atoms with Crippen molar-refractivity contribution >= 4 is 17.7 Å². The molecule has 140 valence electrons. The number of rotatable bonds is 4. The predicted molar refractivity (Wildman–Crippen MR) is 98.6 cm³/mol. The molecular formula is C19H26N4O3. The highest BCUT2D eigenvalue weighted by atomic mass is 16.6. The molecule has 0 aliphatic carbocycles. The van der Waals surface area contributed by atoms with Gasteiger partial charge in [0.2, 0.25) is 5.91 Å². The molecule has 2 rings (SSSR count). The molecule has 1 saturated heterocycles. The van der Waals surface area contributed by atoms with Gasteiger partial charge >= 0.3 is 6.09 Å². The first-order chi connectivity index (χ1) is 12.2. The van der Waals surface area contributed by atoms with Crippen molar-refractivity contribution in [1.29, 1.82) is 5.26 Å². The lowest BCUT2D eigenvalue weighted by atomic mass is 10.1. The summed E-state index contributed by atoms with van der Waals surface area (Å²) in [6.07, 6.45) is 1.15. The van der Waals surface area contributed by atoms with E-state index in [0.29, 0.717) is 11.3 Å². The smallest absolute Gasteiger partial charge is 0.407 e. The van der Waals surface area contributed by atoms with Crippen LogP contribution in [0, 0.1) is 11.3 Å². The summed E-state index contributed by atoms with van der Waals surface area (Å²) in [5, 5.41) is 14.6. The number of carbonyl (C=O) groups excluding carboxylic acids is 2. The Labute approximate surface area is 154 Å². The summed E-state index contributed by atoms with van der Waals surface area (Å²) >= 11 is 0. The van der Waals surface area contributed by atoms with Crippen molar-refractivity contribution in [3.63, 3.8) is 0 Å². The minimum Gasteiger partial charge on any atom is -0.444 e. The van der Waals surface area contributed by atoms with E-state index in [1.54, 1.807) is 24.3 Å². The minimum atomic E-state index is -0.508. The summed E-state index contributed by atoms with van der Waals surface area (Å²) in [4.78, 5) is 26.0. The number of hydrogen-bond donors (Lipinski definition) is 2. The number of nitrogens with zero attached hydrogens (tertiary/aromatic N) is 2. The van der Waals surface area contributed by atoms with Gasteiger partial charge in [0.05, 0.1) is 18.2 Å². The van der Waals surface area contributed by atoms with E-state index in [0.717, 1.165) is 25.9 Å². The fraction of sp³-hybridized carbons (Fsp3) is 0.526. The van der Waals surface area contributed by atoms with Gasteiger partial charge in [-0.3, -0.25) is 9.69 Å². The molecule has 7 heteroatoms. The van der Waals surface area contributed by atoms with Gasteiger partial charge in [0.25, 0.3) is 0 Å². The Hall–Kier alpha value is -2.59. The second kappa shape index (κ2) is 8.68. The van der Waals surface area contributed by atoms with Crippen LogP contribution < -0.4 is 10.6 Å². The maximum Gasteiger partial charge on any atom is 0.407 e. The number of hydrogen-bond acceptors (Lipinski definition) is 5. The predicted octanol–water partition coefficient (Wildman–Crippen LogP) is 2.49. The Balaban J connectivity index is 1.73. The van der Waals surface area contributed by atoms with Crippen LogP contribution in [0.1, 0.15) is 39.2 Å². The van der Waals surface area contributed by atoms with Crippen molar-refractivity contribution in [3.05, 3.63) is 29.8 Å². The summed E-state index contributed by atoms with van der Waals surface area (Å²) in [7, 11) is 0. The number of amides is 2. The molecule has 0 spiro atoms. The maximum absolute atomic E-state index is 12.2. The average molecular weight is 358 g/mol. The van der Waals surface area contributed by atoms with E-state index < -0.39 is 11.7 Å². The molecule has 1 aliphatic heterocycles. The average Bonchev–Trinajstić information content (AvgIpc) is 2.55. The quantitative estimate of drug-likeness (QED) is 0.862. The largest absolute Gasteiger partial charge is 0.444 e. The minimum absolute atomic E-state index is 0.0662. The molecule has 7 nitrogen and oxygen atoms in total. The molecule has 2 N–H and O–H groups in total. The zero-order valence-corrected chi connectivity index (χ0v) is 15.5. The second-order valence-electron chi connectivity index (χ2n) is 7.44. The first-order valence-corrected chi connectivity index (χ1v) is 8.77. The zero-order valence-electron chi connectivity index (χ0n) is 15.5. The molecule has 0 bridgehead atoms. The number of likely N-dealkylation sites (tertiary alicyclic amines) is 1. The van der Waals surface area contributed by atoms with Gasteiger partial charge in [-0.05, 0) is 51.8 Å². The van der Waals surface area contributed by atoms with Crippen LogP contribution in [0.4, 0.5) is 10.5 Å². The van der Waals surface area contributed by atoms with Gasteiger partial charge in [0.1, 0.15) is 5.60 Å². The third kappa shape index (κ3) is 6.73. The zero-order chi connectivity index (χ0) is 19.2. The third-order valence-electron chi connectivity index (χ3n) is 3.95. The fourth-order valence-electron chi connectivity index (χ4n) is 2.78. The van der Waals surface area contributed by atoms with Crippen LogP contribution in [-0.2, 0) is 9.53 Å². The Morgan fingerprint density at radius 2 is 2.00 bits per heavy atom. The van der Waals surface area contributed by atoms with E-state index >= 15 is 0 Å². The number of benzene rings is 1. The van der Waals surface area contributed by atoms with Crippen LogP contribution in [0.5, 0.6) is 0 Å². The standard InChI is InChI=1S/C19H26N4O3/c1-19(2,3)26-18(25)22-15-7-9-23(10-8-15)13-17(24)21-16-6-4-5-14(11-16)12-20/h4-6,11,15H,7-10,13H2,1-3H3,(H,21,24)(H,22,25). The Morgan fingerprint density at radius 3 is 2.62 bits per heavy atom. The molecule has 26 heavy (non-hydrogen) atoms. The molecule has 1 heterocycles. The van der Waals surface area contributed by atoms with Crippen molar-refractivity contribution in [3.8, 4) is 6.07 Å². The van der Waals surface area contributed by atoms with Crippen LogP contribution in [0.25, 0.3) is 0 Å². The lowest BCUT2D eigenvalue weighted by Gasteiger charge is -2.32. The Morgan fingerprint density at radius 1 is 1.31 bits per heavy atom. The third-order valence-corrected chi connectivity index (χ3v) is 3.95. The second-order valence-corrected chi connectivity index (χ2v) is 7.44. The van der Waals surface area contributed by atoms with E-state index in [-0.39, 0.29) is 18.5 Å². The van der Waals surface area contributed by atoms with E-state index in [2.05, 4.69) is 15.5 Å². The molecule has 1 aromatic rings. The van der Waals surface area contributed by atoms with Gasteiger partial charge in [0.15, 0.2) is 0 Å². The lowest BCUT2D eigenvalue weighted by molar-refractivity contribution is -0.117. The van der Waals surface area contributed by atoms with Gasteiger partial charge in [-0.15, -0.1) is 0 Å². The Kier molecular flexibility index (Phi) is 6.58. The summed E-state index contributed by atoms with van der Waals surface area (Å²) < 4.78 is 5.27. The normalized spacial score (nSPS) is 15.8. The monoisotopic (exact) mass is 358 g/mol. The fourth-order valence-corrected chi connectivity index (χ4v) is 2.78. The highest BCUT2D eigenvalue weighted by Gasteiger charge is 2.24. The molecule has 0 saturated carbocycles. The van der Waals surface area contributed by atoms with Crippen LogP contribution in [0.3, 0.4) is 0 Å². The van der Waals surface area contributed by atoms with Crippen molar-refractivity contribution < 1.29 is 14.3 Å². The molecular weight excluding hydrogens is 332 g/mol. The molecule has 1 aromatic carbocycles. The van der Waals surface area contributed by atoms with E-state index in [9.17, 15) is 9.59 Å². The Bertz CT molecular complexity index is 683. The summed E-state index contributed by atoms with van der Waals surface area (Å²) in [5.41, 5.74) is 0.624. The van der Waals surface area contributed by atoms with E-state index in [1.165, 1.54) is 0 Å². The number of alkyl carbamates (subject to hydrolysis) is 1. The van der Waals surface area contributed by atoms with Crippen molar-refractivity contribution in [2.75, 3.05) is 25.0 Å². The number of nitriles is 1. The van der Waals surface area contributed by atoms with Crippen LogP contribution in [0.2, 0.25) is 0 Å². The molecule has 0 unspecified atom stereocenters. The topological polar surface area (TPSA) is 94.5 Å². The lowest BCUT2D eigenvalue weighted by Crippen LogP contribution is -2.47. The van der Waals surface area contributed by atoms with E-state index in [1.807, 2.05) is 26.8 Å². The summed E-state index contributed by atoms with van der Waals surface area (Å²) in [6, 6.07) is 8.95. The van der Waals surface area contributed by atoms with Crippen molar-refractivity contribution in [2.45, 2.75) is 45.3 Å². The van der Waals surface area contributed by atoms with Gasteiger partial charge < -0.3 is 15.4 Å². The first kappa shape index (κ1) is 19.7. The highest BCUT2D eigenvalue weighted by molar-refractivity contribution is 5.92. The van der Waals surface area contributed by atoms with Gasteiger partial charge in [-0.25, -0.2) is 4.79 Å². The summed E-state index contributed by atoms with van der Waals surface area (Å²) in [6.45, 7) is 7.24. The maximum atomic E-state index is 12.2. The van der Waals surface area contributed by atoms with Gasteiger partial charge in [0, 0.05) is 24.8 Å². The summed E-state index contributed by atoms with van der Waals surface area (Å²) in [5.74, 6) is -0.112. The van der Waals surface area contributed by atoms with Crippen LogP contribution >= 0.6 is 0 Å². The van der Waals surface area contributed by atoms with Crippen molar-refractivity contribution in [1.82, 2.24) is 10.2 Å². The number of carbonyl (C=O) groups is 2. The van der Waals surface area contributed by atoms with Gasteiger partial charge in [-0.2, -0.15) is 5.26 Å². The molecule has 0 atom stereocenters. The first-order valence-electron chi connectivity index (χ1n) is 8.77. The number of ether oxygens (including phenoxy) is 1. The number of nitrogens with one attached hydrogen (secondary N) is 2.